The quantitative estimate of drug-likeness (QED) is 0.734. The van der Waals surface area contributed by atoms with Crippen molar-refractivity contribution >= 4 is 6.29 Å². The summed E-state index contributed by atoms with van der Waals surface area (Å²) >= 11 is 0. The minimum atomic E-state index is 0.296. The monoisotopic (exact) mass is 288 g/mol. The van der Waals surface area contributed by atoms with E-state index < -0.39 is 0 Å². The SMILES string of the molecule is CCC(C)n1ccc(COc2c(C=O)cccc2OC)n1. The number of rotatable bonds is 7. The number of carbonyl (C=O) groups is 1. The molecule has 0 amide bonds. The van der Waals surface area contributed by atoms with Crippen LogP contribution >= 0.6 is 0 Å². The number of hydrogen-bond donors (Lipinski definition) is 0. The van der Waals surface area contributed by atoms with Crippen molar-refractivity contribution in [1.29, 1.82) is 0 Å². The van der Waals surface area contributed by atoms with Crippen molar-refractivity contribution in [1.82, 2.24) is 9.78 Å². The van der Waals surface area contributed by atoms with Gasteiger partial charge in [0.1, 0.15) is 6.61 Å². The summed E-state index contributed by atoms with van der Waals surface area (Å²) in [5.41, 5.74) is 1.29. The summed E-state index contributed by atoms with van der Waals surface area (Å²) < 4.78 is 12.9. The van der Waals surface area contributed by atoms with E-state index in [-0.39, 0.29) is 0 Å². The molecule has 112 valence electrons. The Bertz CT molecular complexity index is 607. The zero-order valence-electron chi connectivity index (χ0n) is 12.6. The van der Waals surface area contributed by atoms with Gasteiger partial charge in [0, 0.05) is 12.2 Å². The van der Waals surface area contributed by atoms with Gasteiger partial charge >= 0.3 is 0 Å². The average molecular weight is 288 g/mol. The zero-order chi connectivity index (χ0) is 15.2. The second kappa shape index (κ2) is 6.92. The average Bonchev–Trinajstić information content (AvgIpc) is 3.00. The molecule has 1 atom stereocenters. The van der Waals surface area contributed by atoms with Crippen molar-refractivity contribution in [2.24, 2.45) is 0 Å². The highest BCUT2D eigenvalue weighted by molar-refractivity contribution is 5.81. The number of methoxy groups -OCH3 is 1. The number of nitrogens with zero attached hydrogens (tertiary/aromatic N) is 2. The van der Waals surface area contributed by atoms with Gasteiger partial charge in [0.25, 0.3) is 0 Å². The molecule has 1 heterocycles. The van der Waals surface area contributed by atoms with E-state index in [9.17, 15) is 4.79 Å². The molecule has 0 radical (unpaired) electrons. The highest BCUT2D eigenvalue weighted by atomic mass is 16.5. The Morgan fingerprint density at radius 3 is 2.86 bits per heavy atom. The molecule has 0 fully saturated rings. The first-order valence-corrected chi connectivity index (χ1v) is 6.98. The molecule has 1 aromatic carbocycles. The van der Waals surface area contributed by atoms with Gasteiger partial charge in [-0.3, -0.25) is 9.48 Å². The molecule has 0 aliphatic carbocycles. The molecule has 0 bridgehead atoms. The summed E-state index contributed by atoms with van der Waals surface area (Å²) in [6, 6.07) is 7.49. The lowest BCUT2D eigenvalue weighted by Crippen LogP contribution is -2.06. The first kappa shape index (κ1) is 15.1. The Labute approximate surface area is 124 Å². The highest BCUT2D eigenvalue weighted by Crippen LogP contribution is 2.30. The number of aldehydes is 1. The molecule has 0 saturated carbocycles. The van der Waals surface area contributed by atoms with Crippen molar-refractivity contribution in [2.45, 2.75) is 32.9 Å². The Kier molecular flexibility index (Phi) is 4.98. The predicted octanol–water partition coefficient (Wildman–Crippen LogP) is 3.25. The fraction of sp³-hybridized carbons (Fsp3) is 0.375. The minimum absolute atomic E-state index is 0.296. The van der Waals surface area contributed by atoms with E-state index in [1.807, 2.05) is 16.9 Å². The van der Waals surface area contributed by atoms with Crippen LogP contribution in [0, 0.1) is 0 Å². The summed E-state index contributed by atoms with van der Waals surface area (Å²) in [4.78, 5) is 11.1. The van der Waals surface area contributed by atoms with E-state index in [1.54, 1.807) is 25.3 Å². The second-order valence-corrected chi connectivity index (χ2v) is 4.83. The number of carbonyl (C=O) groups excluding carboxylic acids is 1. The van der Waals surface area contributed by atoms with E-state index >= 15 is 0 Å². The topological polar surface area (TPSA) is 53.4 Å². The standard InChI is InChI=1S/C16H20N2O3/c1-4-12(2)18-9-8-14(17-18)11-21-16-13(10-19)6-5-7-15(16)20-3/h5-10,12H,4,11H2,1-3H3. The molecule has 2 rings (SSSR count). The molecule has 2 aromatic rings. The normalized spacial score (nSPS) is 12.0. The van der Waals surface area contributed by atoms with E-state index in [2.05, 4.69) is 18.9 Å². The molecule has 1 unspecified atom stereocenters. The molecule has 0 saturated heterocycles. The second-order valence-electron chi connectivity index (χ2n) is 4.83. The van der Waals surface area contributed by atoms with Crippen LogP contribution in [-0.2, 0) is 6.61 Å². The predicted molar refractivity (Wildman–Crippen MR) is 79.9 cm³/mol. The smallest absolute Gasteiger partial charge is 0.172 e. The first-order valence-electron chi connectivity index (χ1n) is 6.98. The van der Waals surface area contributed by atoms with Crippen molar-refractivity contribution in [3.05, 3.63) is 41.7 Å². The maximum atomic E-state index is 11.1. The van der Waals surface area contributed by atoms with Crippen molar-refractivity contribution in [2.75, 3.05) is 7.11 Å². The van der Waals surface area contributed by atoms with E-state index in [1.165, 1.54) is 0 Å². The van der Waals surface area contributed by atoms with Gasteiger partial charge in [-0.15, -0.1) is 0 Å². The van der Waals surface area contributed by atoms with E-state index in [4.69, 9.17) is 9.47 Å². The van der Waals surface area contributed by atoms with Gasteiger partial charge in [-0.1, -0.05) is 13.0 Å². The van der Waals surface area contributed by atoms with E-state index in [0.29, 0.717) is 29.7 Å². The largest absolute Gasteiger partial charge is 0.493 e. The Morgan fingerprint density at radius 2 is 2.19 bits per heavy atom. The van der Waals surface area contributed by atoms with Crippen LogP contribution in [0.1, 0.15) is 42.4 Å². The third kappa shape index (κ3) is 3.42. The lowest BCUT2D eigenvalue weighted by atomic mass is 10.2. The number of para-hydroxylation sites is 1. The third-order valence-electron chi connectivity index (χ3n) is 3.43. The van der Waals surface area contributed by atoms with Crippen molar-refractivity contribution < 1.29 is 14.3 Å². The lowest BCUT2D eigenvalue weighted by molar-refractivity contribution is 0.111. The van der Waals surface area contributed by atoms with Crippen LogP contribution in [0.2, 0.25) is 0 Å². The number of ether oxygens (including phenoxy) is 2. The van der Waals surface area contributed by atoms with Gasteiger partial charge in [0.2, 0.25) is 0 Å². The summed E-state index contributed by atoms with van der Waals surface area (Å²) in [5, 5.41) is 4.47. The molecular formula is C16H20N2O3. The van der Waals surface area contributed by atoms with Crippen LogP contribution in [0.5, 0.6) is 11.5 Å². The number of hydrogen-bond acceptors (Lipinski definition) is 4. The van der Waals surface area contributed by atoms with Crippen LogP contribution in [0.3, 0.4) is 0 Å². The van der Waals surface area contributed by atoms with Gasteiger partial charge in [-0.05, 0) is 31.5 Å². The van der Waals surface area contributed by atoms with Crippen LogP contribution in [-0.4, -0.2) is 23.2 Å². The fourth-order valence-electron chi connectivity index (χ4n) is 1.97. The zero-order valence-corrected chi connectivity index (χ0v) is 12.6. The molecular weight excluding hydrogens is 268 g/mol. The molecule has 0 spiro atoms. The molecule has 1 aromatic heterocycles. The molecule has 0 aliphatic rings. The van der Waals surface area contributed by atoms with Gasteiger partial charge in [-0.2, -0.15) is 5.10 Å². The third-order valence-corrected chi connectivity index (χ3v) is 3.43. The molecule has 0 N–H and O–H groups in total. The van der Waals surface area contributed by atoms with Crippen molar-refractivity contribution in [3.8, 4) is 11.5 Å². The van der Waals surface area contributed by atoms with E-state index in [0.717, 1.165) is 18.4 Å². The summed E-state index contributed by atoms with van der Waals surface area (Å²) in [7, 11) is 1.55. The Balaban J connectivity index is 2.13. The van der Waals surface area contributed by atoms with Gasteiger partial charge in [0.05, 0.1) is 18.4 Å². The van der Waals surface area contributed by atoms with Gasteiger partial charge in [0.15, 0.2) is 17.8 Å². The fourth-order valence-corrected chi connectivity index (χ4v) is 1.97. The summed E-state index contributed by atoms with van der Waals surface area (Å²) in [5.74, 6) is 0.994. The van der Waals surface area contributed by atoms with Crippen LogP contribution in [0.25, 0.3) is 0 Å². The van der Waals surface area contributed by atoms with Crippen molar-refractivity contribution in [3.63, 3.8) is 0 Å². The highest BCUT2D eigenvalue weighted by Gasteiger charge is 2.11. The number of aromatic nitrogens is 2. The van der Waals surface area contributed by atoms with Gasteiger partial charge < -0.3 is 9.47 Å². The molecule has 21 heavy (non-hydrogen) atoms. The lowest BCUT2D eigenvalue weighted by Gasteiger charge is -2.12. The Hall–Kier alpha value is -2.30. The van der Waals surface area contributed by atoms with Gasteiger partial charge in [-0.25, -0.2) is 0 Å². The maximum absolute atomic E-state index is 11.1. The summed E-state index contributed by atoms with van der Waals surface area (Å²) in [6.45, 7) is 4.53. The van der Waals surface area contributed by atoms with Crippen LogP contribution in [0.15, 0.2) is 30.5 Å². The first-order chi connectivity index (χ1) is 10.2. The number of benzene rings is 1. The summed E-state index contributed by atoms with van der Waals surface area (Å²) in [6.07, 6.45) is 3.72. The van der Waals surface area contributed by atoms with Crippen LogP contribution in [0.4, 0.5) is 0 Å². The molecule has 5 heteroatoms. The minimum Gasteiger partial charge on any atom is -0.493 e. The maximum Gasteiger partial charge on any atom is 0.172 e. The Morgan fingerprint density at radius 1 is 1.38 bits per heavy atom. The molecule has 5 nitrogen and oxygen atoms in total. The van der Waals surface area contributed by atoms with Crippen LogP contribution < -0.4 is 9.47 Å². The molecule has 0 aliphatic heterocycles.